The molecule has 1 amide bonds. The highest BCUT2D eigenvalue weighted by atomic mass is 79.9. The van der Waals surface area contributed by atoms with E-state index in [1.54, 1.807) is 0 Å². The Morgan fingerprint density at radius 1 is 1.44 bits per heavy atom. The Morgan fingerprint density at radius 2 is 2.11 bits per heavy atom. The predicted molar refractivity (Wildman–Crippen MR) is 75.4 cm³/mol. The van der Waals surface area contributed by atoms with E-state index in [9.17, 15) is 9.59 Å². The summed E-state index contributed by atoms with van der Waals surface area (Å²) < 4.78 is 6.01. The zero-order valence-electron chi connectivity index (χ0n) is 9.85. The van der Waals surface area contributed by atoms with Crippen LogP contribution >= 0.6 is 28.6 Å². The van der Waals surface area contributed by atoms with E-state index in [1.807, 2.05) is 24.3 Å². The van der Waals surface area contributed by atoms with Crippen LogP contribution in [-0.4, -0.2) is 23.7 Å². The maximum Gasteiger partial charge on any atom is 0.329 e. The molecule has 0 unspecified atom stereocenters. The smallest absolute Gasteiger partial charge is 0.329 e. The van der Waals surface area contributed by atoms with Crippen molar-refractivity contribution in [1.29, 1.82) is 0 Å². The Balaban J connectivity index is 2.54. The average molecular weight is 332 g/mol. The van der Waals surface area contributed by atoms with Gasteiger partial charge in [0.2, 0.25) is 5.91 Å². The van der Waals surface area contributed by atoms with E-state index in [-0.39, 0.29) is 18.3 Å². The molecule has 1 atom stereocenters. The van der Waals surface area contributed by atoms with Gasteiger partial charge in [-0.05, 0) is 6.07 Å². The molecule has 1 N–H and O–H groups in total. The number of benzene rings is 1. The summed E-state index contributed by atoms with van der Waals surface area (Å²) in [6.07, 6.45) is 0. The molecule has 1 aromatic carbocycles. The van der Waals surface area contributed by atoms with Gasteiger partial charge in [-0.15, -0.1) is 0 Å². The normalized spacial score (nSPS) is 11.7. The lowest BCUT2D eigenvalue weighted by molar-refractivity contribution is -0.148. The topological polar surface area (TPSA) is 55.4 Å². The Labute approximate surface area is 120 Å². The van der Waals surface area contributed by atoms with Gasteiger partial charge in [0.15, 0.2) is 0 Å². The number of nitrogens with one attached hydrogen (secondary N) is 1. The minimum absolute atomic E-state index is 0.157. The van der Waals surface area contributed by atoms with Crippen LogP contribution in [0.4, 0.5) is 0 Å². The zero-order valence-corrected chi connectivity index (χ0v) is 12.3. The van der Waals surface area contributed by atoms with E-state index in [4.69, 9.17) is 4.74 Å². The molecule has 0 aliphatic carbocycles. The summed E-state index contributed by atoms with van der Waals surface area (Å²) in [6, 6.07) is 6.74. The Morgan fingerprint density at radius 3 is 2.67 bits per heavy atom. The summed E-state index contributed by atoms with van der Waals surface area (Å²) in [5.74, 6) is -0.572. The van der Waals surface area contributed by atoms with Gasteiger partial charge in [-0.3, -0.25) is 4.79 Å². The summed E-state index contributed by atoms with van der Waals surface area (Å²) in [7, 11) is 0. The molecule has 0 saturated heterocycles. The molecule has 0 radical (unpaired) electrons. The third kappa shape index (κ3) is 4.70. The van der Waals surface area contributed by atoms with Crippen LogP contribution in [0.2, 0.25) is 0 Å². The van der Waals surface area contributed by atoms with E-state index in [0.717, 1.165) is 10.0 Å². The van der Waals surface area contributed by atoms with Gasteiger partial charge in [0.25, 0.3) is 0 Å². The highest BCUT2D eigenvalue weighted by Gasteiger charge is 2.19. The summed E-state index contributed by atoms with van der Waals surface area (Å²) in [5, 5.41) is 2.48. The third-order valence-electron chi connectivity index (χ3n) is 2.17. The van der Waals surface area contributed by atoms with Crippen LogP contribution in [0.5, 0.6) is 0 Å². The van der Waals surface area contributed by atoms with Crippen LogP contribution in [0.1, 0.15) is 12.5 Å². The number of hydrogen-bond acceptors (Lipinski definition) is 4. The number of hydrogen-bond donors (Lipinski definition) is 2. The van der Waals surface area contributed by atoms with Gasteiger partial charge in [0, 0.05) is 22.7 Å². The second-order valence-corrected chi connectivity index (χ2v) is 4.85. The molecule has 6 heteroatoms. The monoisotopic (exact) mass is 331 g/mol. The number of esters is 1. The molecule has 0 aliphatic heterocycles. The molecule has 0 fully saturated rings. The summed E-state index contributed by atoms with van der Waals surface area (Å²) >= 11 is 7.37. The largest absolute Gasteiger partial charge is 0.459 e. The van der Waals surface area contributed by atoms with Crippen molar-refractivity contribution in [2.45, 2.75) is 19.6 Å². The van der Waals surface area contributed by atoms with E-state index in [2.05, 4.69) is 33.9 Å². The summed E-state index contributed by atoms with van der Waals surface area (Å²) in [5.41, 5.74) is 0.867. The third-order valence-corrected chi connectivity index (χ3v) is 3.31. The molecule has 98 valence electrons. The summed E-state index contributed by atoms with van der Waals surface area (Å²) in [6.45, 7) is 1.50. The van der Waals surface area contributed by atoms with Crippen molar-refractivity contribution in [1.82, 2.24) is 5.32 Å². The Hall–Kier alpha value is -1.01. The lowest BCUT2D eigenvalue weighted by atomic mass is 10.2. The number of halogens is 1. The van der Waals surface area contributed by atoms with Crippen molar-refractivity contribution in [3.8, 4) is 0 Å². The van der Waals surface area contributed by atoms with Crippen molar-refractivity contribution in [2.75, 3.05) is 5.75 Å². The van der Waals surface area contributed by atoms with Gasteiger partial charge in [-0.2, -0.15) is 12.6 Å². The maximum atomic E-state index is 11.7. The van der Waals surface area contributed by atoms with Crippen LogP contribution in [0.25, 0.3) is 0 Å². The number of amides is 1. The predicted octanol–water partition coefficient (Wildman–Crippen LogP) is 1.93. The number of carbonyl (C=O) groups excluding carboxylic acids is 2. The van der Waals surface area contributed by atoms with E-state index >= 15 is 0 Å². The first-order valence-corrected chi connectivity index (χ1v) is 6.75. The lowest BCUT2D eigenvalue weighted by Crippen LogP contribution is -2.42. The van der Waals surface area contributed by atoms with Crippen molar-refractivity contribution in [3.63, 3.8) is 0 Å². The number of carbonyl (C=O) groups is 2. The molecule has 0 saturated carbocycles. The van der Waals surface area contributed by atoms with Crippen LogP contribution in [0, 0.1) is 0 Å². The highest BCUT2D eigenvalue weighted by Crippen LogP contribution is 2.16. The second kappa shape index (κ2) is 7.43. The van der Waals surface area contributed by atoms with Crippen molar-refractivity contribution < 1.29 is 14.3 Å². The van der Waals surface area contributed by atoms with Gasteiger partial charge in [-0.25, -0.2) is 4.79 Å². The molecule has 4 nitrogen and oxygen atoms in total. The van der Waals surface area contributed by atoms with Crippen molar-refractivity contribution >= 4 is 40.4 Å². The fraction of sp³-hybridized carbons (Fsp3) is 0.333. The molecule has 0 spiro atoms. The number of thiol groups is 1. The minimum Gasteiger partial charge on any atom is -0.459 e. The molecule has 1 rings (SSSR count). The van der Waals surface area contributed by atoms with Gasteiger partial charge < -0.3 is 10.1 Å². The zero-order chi connectivity index (χ0) is 13.5. The molecule has 0 aliphatic rings. The molecular weight excluding hydrogens is 318 g/mol. The first-order chi connectivity index (χ1) is 8.54. The molecule has 0 bridgehead atoms. The van der Waals surface area contributed by atoms with E-state index < -0.39 is 12.0 Å². The molecule has 0 heterocycles. The van der Waals surface area contributed by atoms with Crippen LogP contribution in [0.3, 0.4) is 0 Å². The van der Waals surface area contributed by atoms with E-state index in [0.29, 0.717) is 0 Å². The van der Waals surface area contributed by atoms with Gasteiger partial charge >= 0.3 is 5.97 Å². The average Bonchev–Trinajstić information content (AvgIpc) is 2.34. The van der Waals surface area contributed by atoms with Crippen molar-refractivity contribution in [2.24, 2.45) is 0 Å². The first-order valence-electron chi connectivity index (χ1n) is 5.32. The lowest BCUT2D eigenvalue weighted by Gasteiger charge is -2.14. The minimum atomic E-state index is -0.715. The van der Waals surface area contributed by atoms with E-state index in [1.165, 1.54) is 6.92 Å². The standard InChI is InChI=1S/C12H14BrNO3S/c1-8(15)14-11(7-18)12(16)17-6-9-4-2-3-5-10(9)13/h2-5,11,18H,6-7H2,1H3,(H,14,15)/t11-/m0/s1. The van der Waals surface area contributed by atoms with Crippen LogP contribution in [-0.2, 0) is 20.9 Å². The Bertz CT molecular complexity index is 439. The van der Waals surface area contributed by atoms with Gasteiger partial charge in [0.05, 0.1) is 0 Å². The fourth-order valence-electron chi connectivity index (χ4n) is 1.29. The van der Waals surface area contributed by atoms with Crippen LogP contribution < -0.4 is 5.32 Å². The Kier molecular flexibility index (Phi) is 6.21. The number of rotatable bonds is 5. The first kappa shape index (κ1) is 15.0. The van der Waals surface area contributed by atoms with Gasteiger partial charge in [-0.1, -0.05) is 34.1 Å². The quantitative estimate of drug-likeness (QED) is 0.640. The second-order valence-electron chi connectivity index (χ2n) is 3.63. The van der Waals surface area contributed by atoms with Crippen LogP contribution in [0.15, 0.2) is 28.7 Å². The van der Waals surface area contributed by atoms with Gasteiger partial charge in [0.1, 0.15) is 12.6 Å². The molecular formula is C12H14BrNO3S. The van der Waals surface area contributed by atoms with Crippen molar-refractivity contribution in [3.05, 3.63) is 34.3 Å². The molecule has 1 aromatic rings. The SMILES string of the molecule is CC(=O)N[C@@H](CS)C(=O)OCc1ccccc1Br. The summed E-state index contributed by atoms with van der Waals surface area (Å²) in [4.78, 5) is 22.6. The maximum absolute atomic E-state index is 11.7. The highest BCUT2D eigenvalue weighted by molar-refractivity contribution is 9.10. The molecule has 18 heavy (non-hydrogen) atoms. The fourth-order valence-corrected chi connectivity index (χ4v) is 1.93. The molecule has 0 aromatic heterocycles. The number of ether oxygens (including phenoxy) is 1.